The van der Waals surface area contributed by atoms with Gasteiger partial charge in [0.05, 0.1) is 10.4 Å². The molecule has 8 heteroatoms. The Hall–Kier alpha value is -3.39. The minimum absolute atomic E-state index is 0.202. The van der Waals surface area contributed by atoms with Gasteiger partial charge in [-0.25, -0.2) is 17.4 Å². The molecule has 0 atom stereocenters. The van der Waals surface area contributed by atoms with E-state index in [0.29, 0.717) is 34.6 Å². The first-order chi connectivity index (χ1) is 12.6. The van der Waals surface area contributed by atoms with Gasteiger partial charge in [-0.05, 0) is 30.3 Å². The van der Waals surface area contributed by atoms with Crippen LogP contribution in [0, 0.1) is 0 Å². The van der Waals surface area contributed by atoms with Crippen LogP contribution in [0.5, 0.6) is 5.75 Å². The lowest BCUT2D eigenvalue weighted by molar-refractivity contribution is -0.120. The summed E-state index contributed by atoms with van der Waals surface area (Å²) < 4.78 is 31.4. The molecule has 7 nitrogen and oxygen atoms in total. The van der Waals surface area contributed by atoms with Crippen LogP contribution < -0.4 is 4.74 Å². The number of fused-ring (bicyclic) bond motifs is 1. The van der Waals surface area contributed by atoms with Gasteiger partial charge in [-0.2, -0.15) is 0 Å². The van der Waals surface area contributed by atoms with Crippen molar-refractivity contribution in [3.8, 4) is 17.1 Å². The number of nitrogens with one attached hydrogen (secondary N) is 1. The molecule has 0 aliphatic rings. The topological polar surface area (TPSA) is 94.0 Å². The van der Waals surface area contributed by atoms with Gasteiger partial charge in [0.2, 0.25) is 0 Å². The number of aromatic amines is 1. The first-order valence-corrected chi connectivity index (χ1v) is 9.11. The van der Waals surface area contributed by atoms with E-state index in [1.54, 1.807) is 54.6 Å². The van der Waals surface area contributed by atoms with E-state index in [4.69, 9.17) is 4.74 Å². The molecule has 0 saturated carbocycles. The number of para-hydroxylation sites is 1. The Kier molecular flexibility index (Phi) is 3.81. The van der Waals surface area contributed by atoms with E-state index in [2.05, 4.69) is 9.97 Å². The number of hydrogen-bond donors (Lipinski definition) is 1. The number of rotatable bonds is 5. The van der Waals surface area contributed by atoms with Crippen molar-refractivity contribution in [2.75, 3.05) is 0 Å². The highest BCUT2D eigenvalue weighted by molar-refractivity contribution is 7.90. The molecule has 4 rings (SSSR count). The first-order valence-electron chi connectivity index (χ1n) is 7.67. The maximum Gasteiger partial charge on any atom is 0.298 e. The number of benzene rings is 2. The number of aromatic nitrogens is 3. The number of imidazole rings is 1. The molecular weight excluding hydrogens is 354 g/mol. The highest BCUT2D eigenvalue weighted by Crippen LogP contribution is 2.28. The van der Waals surface area contributed by atoms with Gasteiger partial charge in [0.15, 0.2) is 5.75 Å². The Morgan fingerprint density at radius 3 is 2.62 bits per heavy atom. The Balaban J connectivity index is 1.76. The van der Waals surface area contributed by atoms with Crippen LogP contribution in [0.3, 0.4) is 0 Å². The first kappa shape index (κ1) is 16.1. The normalized spacial score (nSPS) is 11.5. The Morgan fingerprint density at radius 2 is 1.85 bits per heavy atom. The van der Waals surface area contributed by atoms with Crippen molar-refractivity contribution in [2.24, 2.45) is 0 Å². The lowest BCUT2D eigenvalue weighted by atomic mass is 10.3. The number of H-pyrrole nitrogens is 1. The van der Waals surface area contributed by atoms with E-state index in [1.165, 1.54) is 12.4 Å². The maximum atomic E-state index is 12.7. The van der Waals surface area contributed by atoms with Crippen LogP contribution in [-0.2, 0) is 14.8 Å². The highest BCUT2D eigenvalue weighted by Gasteiger charge is 2.18. The predicted molar refractivity (Wildman–Crippen MR) is 95.2 cm³/mol. The molecule has 2 aromatic carbocycles. The molecule has 0 amide bonds. The second-order valence-electron chi connectivity index (χ2n) is 5.50. The summed E-state index contributed by atoms with van der Waals surface area (Å²) in [6.45, 7) is 0.339. The molecule has 2 heterocycles. The number of carbonyl (C=O) groups is 1. The average molecular weight is 367 g/mol. The second-order valence-corrected chi connectivity index (χ2v) is 7.34. The van der Waals surface area contributed by atoms with Crippen LogP contribution in [0.4, 0.5) is 0 Å². The van der Waals surface area contributed by atoms with Gasteiger partial charge in [0.25, 0.3) is 16.5 Å². The van der Waals surface area contributed by atoms with E-state index in [-0.39, 0.29) is 4.90 Å². The molecule has 26 heavy (non-hydrogen) atoms. The fraction of sp³-hybridized carbons (Fsp3) is 0. The monoisotopic (exact) mass is 367 g/mol. The third kappa shape index (κ3) is 2.66. The molecule has 0 aliphatic heterocycles. The van der Waals surface area contributed by atoms with Gasteiger partial charge in [0.1, 0.15) is 11.3 Å². The van der Waals surface area contributed by atoms with Crippen LogP contribution in [-0.4, -0.2) is 28.8 Å². The summed E-state index contributed by atoms with van der Waals surface area (Å²) in [7, 11) is -3.67. The molecule has 2 aromatic heterocycles. The van der Waals surface area contributed by atoms with E-state index >= 15 is 0 Å². The largest absolute Gasteiger partial charge is 0.426 e. The average Bonchev–Trinajstić information content (AvgIpc) is 3.30. The summed E-state index contributed by atoms with van der Waals surface area (Å²) in [6, 6.07) is 15.0. The van der Waals surface area contributed by atoms with Crippen molar-refractivity contribution < 1.29 is 17.9 Å². The zero-order chi connectivity index (χ0) is 18.1. The summed E-state index contributed by atoms with van der Waals surface area (Å²) in [5.74, 6) is 0.806. The summed E-state index contributed by atoms with van der Waals surface area (Å²) in [4.78, 5) is 18.3. The van der Waals surface area contributed by atoms with Crippen LogP contribution in [0.15, 0.2) is 71.9 Å². The van der Waals surface area contributed by atoms with Gasteiger partial charge in [0, 0.05) is 18.0 Å². The summed E-state index contributed by atoms with van der Waals surface area (Å²) in [5, 5.41) is 0. The summed E-state index contributed by atoms with van der Waals surface area (Å²) in [6.07, 6.45) is 2.95. The quantitative estimate of drug-likeness (QED) is 0.548. The zero-order valence-corrected chi connectivity index (χ0v) is 14.2. The van der Waals surface area contributed by atoms with Crippen LogP contribution in [0.2, 0.25) is 0 Å². The molecule has 130 valence electrons. The Morgan fingerprint density at radius 1 is 1.04 bits per heavy atom. The van der Waals surface area contributed by atoms with Gasteiger partial charge < -0.3 is 9.72 Å². The van der Waals surface area contributed by atoms with Crippen LogP contribution in [0.25, 0.3) is 22.4 Å². The molecular formula is C18H13N3O4S. The summed E-state index contributed by atoms with van der Waals surface area (Å²) in [5.41, 5.74) is 1.77. The second kappa shape index (κ2) is 6.16. The zero-order valence-electron chi connectivity index (χ0n) is 13.4. The van der Waals surface area contributed by atoms with Crippen LogP contribution in [0.1, 0.15) is 0 Å². The van der Waals surface area contributed by atoms with Crippen molar-refractivity contribution in [3.05, 3.63) is 67.0 Å². The molecule has 0 bridgehead atoms. The van der Waals surface area contributed by atoms with Gasteiger partial charge in [-0.3, -0.25) is 4.79 Å². The standard InChI is InChI=1S/C18H13N3O4S/c22-12-25-16-8-4-7-15-17(16)20-18(19-15)13-9-10-21(11-13)26(23,24)14-5-2-1-3-6-14/h1-12H,(H,19,20). The number of nitrogens with zero attached hydrogens (tertiary/aromatic N) is 2. The minimum atomic E-state index is -3.67. The van der Waals surface area contributed by atoms with Crippen molar-refractivity contribution in [1.29, 1.82) is 0 Å². The van der Waals surface area contributed by atoms with Crippen LogP contribution >= 0.6 is 0 Å². The number of hydrogen-bond acceptors (Lipinski definition) is 5. The molecule has 0 aliphatic carbocycles. The molecule has 0 saturated heterocycles. The van der Waals surface area contributed by atoms with Gasteiger partial charge in [-0.15, -0.1) is 0 Å². The fourth-order valence-corrected chi connectivity index (χ4v) is 3.89. The number of ether oxygens (including phenoxy) is 1. The maximum absolute atomic E-state index is 12.7. The third-order valence-corrected chi connectivity index (χ3v) is 5.56. The van der Waals surface area contributed by atoms with Gasteiger partial charge >= 0.3 is 0 Å². The molecule has 1 N–H and O–H groups in total. The van der Waals surface area contributed by atoms with Crippen molar-refractivity contribution in [2.45, 2.75) is 4.90 Å². The van der Waals surface area contributed by atoms with E-state index in [9.17, 15) is 13.2 Å². The number of carbonyl (C=O) groups excluding carboxylic acids is 1. The molecule has 0 spiro atoms. The van der Waals surface area contributed by atoms with E-state index in [1.807, 2.05) is 0 Å². The van der Waals surface area contributed by atoms with Crippen molar-refractivity contribution >= 4 is 27.5 Å². The Labute approximate surface area is 148 Å². The Bertz CT molecular complexity index is 1190. The molecule has 4 aromatic rings. The van der Waals surface area contributed by atoms with Gasteiger partial charge in [-0.1, -0.05) is 24.3 Å². The lowest BCUT2D eigenvalue weighted by Crippen LogP contribution is -2.10. The lowest BCUT2D eigenvalue weighted by Gasteiger charge is -2.04. The molecule has 0 fully saturated rings. The van der Waals surface area contributed by atoms with E-state index in [0.717, 1.165) is 3.97 Å². The highest BCUT2D eigenvalue weighted by atomic mass is 32.2. The van der Waals surface area contributed by atoms with E-state index < -0.39 is 10.0 Å². The third-order valence-electron chi connectivity index (χ3n) is 3.91. The fourth-order valence-electron chi connectivity index (χ4n) is 2.67. The smallest absolute Gasteiger partial charge is 0.298 e. The molecule has 0 radical (unpaired) electrons. The molecule has 0 unspecified atom stereocenters. The SMILES string of the molecule is O=COc1cccc2[nH]c(-c3ccn(S(=O)(=O)c4ccccc4)c3)nc12. The van der Waals surface area contributed by atoms with Crippen molar-refractivity contribution in [3.63, 3.8) is 0 Å². The minimum Gasteiger partial charge on any atom is -0.426 e. The van der Waals surface area contributed by atoms with Crippen molar-refractivity contribution in [1.82, 2.24) is 13.9 Å². The summed E-state index contributed by atoms with van der Waals surface area (Å²) >= 11 is 0. The predicted octanol–water partition coefficient (Wildman–Crippen LogP) is 2.80.